The van der Waals surface area contributed by atoms with Crippen LogP contribution in [0, 0.1) is 10.1 Å². The minimum Gasteiger partial charge on any atom is -0.354 e. The zero-order valence-corrected chi connectivity index (χ0v) is 15.7. The maximum atomic E-state index is 12.9. The van der Waals surface area contributed by atoms with E-state index in [9.17, 15) is 28.1 Å². The number of halogens is 3. The number of amides is 1. The number of nitro groups is 1. The number of rotatable bonds is 4. The summed E-state index contributed by atoms with van der Waals surface area (Å²) in [6, 6.07) is 17.1. The van der Waals surface area contributed by atoms with Crippen molar-refractivity contribution in [1.29, 1.82) is 0 Å². The number of alkyl halides is 3. The van der Waals surface area contributed by atoms with Gasteiger partial charge in [0.25, 0.3) is 11.6 Å². The molecule has 3 aromatic carbocycles. The highest BCUT2D eigenvalue weighted by Crippen LogP contribution is 2.39. The lowest BCUT2D eigenvalue weighted by Crippen LogP contribution is -2.10. The van der Waals surface area contributed by atoms with Crippen molar-refractivity contribution in [2.45, 2.75) is 6.18 Å². The number of non-ortho nitro benzene ring substituents is 1. The second kappa shape index (κ2) is 7.60. The van der Waals surface area contributed by atoms with Gasteiger partial charge in [-0.3, -0.25) is 14.9 Å². The largest absolute Gasteiger partial charge is 0.416 e. The number of hydrogen-bond donors (Lipinski definition) is 2. The van der Waals surface area contributed by atoms with Gasteiger partial charge < -0.3 is 10.6 Å². The van der Waals surface area contributed by atoms with E-state index in [0.717, 1.165) is 12.1 Å². The smallest absolute Gasteiger partial charge is 0.354 e. The summed E-state index contributed by atoms with van der Waals surface area (Å²) in [5, 5.41) is 16.9. The van der Waals surface area contributed by atoms with Crippen molar-refractivity contribution >= 4 is 34.2 Å². The molecule has 1 aliphatic heterocycles. The molecular weight excluding hydrogens is 411 g/mol. The third-order valence-electron chi connectivity index (χ3n) is 4.75. The van der Waals surface area contributed by atoms with E-state index in [0.29, 0.717) is 28.2 Å². The van der Waals surface area contributed by atoms with Crippen molar-refractivity contribution in [1.82, 2.24) is 0 Å². The van der Waals surface area contributed by atoms with Crippen LogP contribution in [0.5, 0.6) is 0 Å². The summed E-state index contributed by atoms with van der Waals surface area (Å²) in [7, 11) is 0. The summed E-state index contributed by atoms with van der Waals surface area (Å²) in [5.74, 6) is -0.478. The highest BCUT2D eigenvalue weighted by Gasteiger charge is 2.31. The van der Waals surface area contributed by atoms with Crippen molar-refractivity contribution in [3.05, 3.63) is 99.6 Å². The SMILES string of the molecule is O=C1Nc2ccc([N+](=O)[O-])cc2C1=C(Nc1ccc(C(F)(F)F)cc1)c1ccccc1. The standard InChI is InChI=1S/C22H14F3N3O3/c23-22(24,25)14-6-8-15(9-7-14)26-20(13-4-2-1-3-5-13)19-17-12-16(28(30)31)10-11-18(17)27-21(19)29/h1-12,26H,(H,27,29). The van der Waals surface area contributed by atoms with Gasteiger partial charge in [-0.2, -0.15) is 13.2 Å². The fourth-order valence-electron chi connectivity index (χ4n) is 3.29. The van der Waals surface area contributed by atoms with Crippen LogP contribution in [0.4, 0.5) is 30.2 Å². The molecule has 0 saturated carbocycles. The molecule has 31 heavy (non-hydrogen) atoms. The summed E-state index contributed by atoms with van der Waals surface area (Å²) < 4.78 is 38.6. The Bertz CT molecular complexity index is 1200. The number of carbonyl (C=O) groups is 1. The van der Waals surface area contributed by atoms with Crippen molar-refractivity contribution in [3.63, 3.8) is 0 Å². The number of carbonyl (C=O) groups excluding carboxylic acids is 1. The first kappa shape index (κ1) is 20.1. The average molecular weight is 425 g/mol. The van der Waals surface area contributed by atoms with Gasteiger partial charge in [-0.05, 0) is 35.9 Å². The van der Waals surface area contributed by atoms with Crippen LogP contribution in [0.3, 0.4) is 0 Å². The van der Waals surface area contributed by atoms with E-state index < -0.39 is 22.6 Å². The molecule has 2 N–H and O–H groups in total. The predicted molar refractivity (Wildman–Crippen MR) is 110 cm³/mol. The first-order valence-corrected chi connectivity index (χ1v) is 9.08. The van der Waals surface area contributed by atoms with Crippen molar-refractivity contribution in [3.8, 4) is 0 Å². The molecule has 1 aliphatic rings. The number of nitro benzene ring substituents is 1. The van der Waals surface area contributed by atoms with Gasteiger partial charge in [-0.25, -0.2) is 0 Å². The molecule has 1 heterocycles. The maximum Gasteiger partial charge on any atom is 0.416 e. The van der Waals surface area contributed by atoms with Crippen LogP contribution in [0.1, 0.15) is 16.7 Å². The third kappa shape index (κ3) is 3.97. The summed E-state index contributed by atoms with van der Waals surface area (Å²) in [6.07, 6.45) is -4.47. The minimum absolute atomic E-state index is 0.157. The summed E-state index contributed by atoms with van der Waals surface area (Å²) in [6.45, 7) is 0. The van der Waals surface area contributed by atoms with Crippen molar-refractivity contribution in [2.75, 3.05) is 10.6 Å². The molecule has 1 amide bonds. The van der Waals surface area contributed by atoms with Gasteiger partial charge in [0.05, 0.1) is 21.8 Å². The topological polar surface area (TPSA) is 84.3 Å². The van der Waals surface area contributed by atoms with Crippen LogP contribution in [0.25, 0.3) is 11.3 Å². The van der Waals surface area contributed by atoms with E-state index in [-0.39, 0.29) is 11.3 Å². The van der Waals surface area contributed by atoms with Gasteiger partial charge in [-0.15, -0.1) is 0 Å². The highest BCUT2D eigenvalue weighted by atomic mass is 19.4. The zero-order chi connectivity index (χ0) is 22.2. The molecule has 3 aromatic rings. The van der Waals surface area contributed by atoms with Crippen molar-refractivity contribution in [2.24, 2.45) is 0 Å². The Morgan fingerprint density at radius 1 is 0.968 bits per heavy atom. The van der Waals surface area contributed by atoms with Gasteiger partial charge >= 0.3 is 6.18 Å². The molecule has 156 valence electrons. The van der Waals surface area contributed by atoms with E-state index in [1.54, 1.807) is 30.3 Å². The lowest BCUT2D eigenvalue weighted by molar-refractivity contribution is -0.384. The zero-order valence-electron chi connectivity index (χ0n) is 15.7. The Labute approximate surface area is 174 Å². The van der Waals surface area contributed by atoms with Gasteiger partial charge in [-0.1, -0.05) is 30.3 Å². The van der Waals surface area contributed by atoms with E-state index in [2.05, 4.69) is 10.6 Å². The number of anilines is 2. The minimum atomic E-state index is -4.47. The molecule has 0 aromatic heterocycles. The maximum absolute atomic E-state index is 12.9. The highest BCUT2D eigenvalue weighted by molar-refractivity contribution is 6.37. The third-order valence-corrected chi connectivity index (χ3v) is 4.75. The molecule has 4 rings (SSSR count). The number of fused-ring (bicyclic) bond motifs is 1. The molecule has 9 heteroatoms. The normalized spacial score (nSPS) is 14.6. The van der Waals surface area contributed by atoms with Crippen LogP contribution in [-0.4, -0.2) is 10.8 Å². The molecule has 0 unspecified atom stereocenters. The fourth-order valence-corrected chi connectivity index (χ4v) is 3.29. The average Bonchev–Trinajstić information content (AvgIpc) is 3.07. The van der Waals surface area contributed by atoms with E-state index in [1.165, 1.54) is 30.3 Å². The second-order valence-corrected chi connectivity index (χ2v) is 6.76. The second-order valence-electron chi connectivity index (χ2n) is 6.76. The monoisotopic (exact) mass is 425 g/mol. The van der Waals surface area contributed by atoms with Crippen LogP contribution in [0.15, 0.2) is 72.8 Å². The summed E-state index contributed by atoms with van der Waals surface area (Å²) in [4.78, 5) is 23.4. The molecule has 0 bridgehead atoms. The Hall–Kier alpha value is -4.14. The fraction of sp³-hybridized carbons (Fsp3) is 0.0455. The Morgan fingerprint density at radius 3 is 2.26 bits per heavy atom. The van der Waals surface area contributed by atoms with Crippen LogP contribution >= 0.6 is 0 Å². The predicted octanol–water partition coefficient (Wildman–Crippen LogP) is 5.55. The summed E-state index contributed by atoms with van der Waals surface area (Å²) in [5.41, 5.74) is 1.15. The number of benzene rings is 3. The summed E-state index contributed by atoms with van der Waals surface area (Å²) >= 11 is 0. The number of nitrogens with one attached hydrogen (secondary N) is 2. The molecule has 6 nitrogen and oxygen atoms in total. The first-order valence-electron chi connectivity index (χ1n) is 9.08. The lowest BCUT2D eigenvalue weighted by atomic mass is 9.99. The Balaban J connectivity index is 1.86. The first-order chi connectivity index (χ1) is 14.7. The number of hydrogen-bond acceptors (Lipinski definition) is 4. The van der Waals surface area contributed by atoms with Crippen molar-refractivity contribution < 1.29 is 22.9 Å². The van der Waals surface area contributed by atoms with Gasteiger partial charge in [0.1, 0.15) is 0 Å². The van der Waals surface area contributed by atoms with Gasteiger partial charge in [0.15, 0.2) is 0 Å². The molecule has 0 saturated heterocycles. The van der Waals surface area contributed by atoms with E-state index in [1.807, 2.05) is 0 Å². The van der Waals surface area contributed by atoms with Gasteiger partial charge in [0.2, 0.25) is 0 Å². The Kier molecular flexibility index (Phi) is 4.94. The molecule has 0 radical (unpaired) electrons. The molecule has 0 fully saturated rings. The molecule has 0 atom stereocenters. The Morgan fingerprint density at radius 2 is 1.65 bits per heavy atom. The molecular formula is C22H14F3N3O3. The number of nitrogens with zero attached hydrogens (tertiary/aromatic N) is 1. The van der Waals surface area contributed by atoms with Gasteiger partial charge in [0, 0.05) is 29.1 Å². The van der Waals surface area contributed by atoms with Crippen LogP contribution in [-0.2, 0) is 11.0 Å². The van der Waals surface area contributed by atoms with Crippen LogP contribution < -0.4 is 10.6 Å². The van der Waals surface area contributed by atoms with E-state index >= 15 is 0 Å². The quantitative estimate of drug-likeness (QED) is 0.326. The van der Waals surface area contributed by atoms with Crippen LogP contribution in [0.2, 0.25) is 0 Å². The molecule has 0 spiro atoms. The molecule has 0 aliphatic carbocycles. The lowest BCUT2D eigenvalue weighted by Gasteiger charge is -2.15. The van der Waals surface area contributed by atoms with E-state index in [4.69, 9.17) is 0 Å².